The number of hydrogen-bond donors (Lipinski definition) is 3. The smallest absolute Gasteiger partial charge is 0.341 e. The van der Waals surface area contributed by atoms with Crippen LogP contribution in [-0.2, 0) is 9.59 Å². The molecule has 7 heteroatoms. The number of hydrogen-bond acceptors (Lipinski definition) is 4. The van der Waals surface area contributed by atoms with Crippen LogP contribution in [0.15, 0.2) is 48.5 Å². The van der Waals surface area contributed by atoms with Crippen LogP contribution in [0.5, 0.6) is 5.75 Å². The molecule has 0 heterocycles. The number of carbonyl (C=O) groups is 3. The number of benzene rings is 2. The summed E-state index contributed by atoms with van der Waals surface area (Å²) in [5.74, 6) is -1.17. The Bertz CT molecular complexity index is 771. The van der Waals surface area contributed by atoms with Gasteiger partial charge < -0.3 is 20.5 Å². The van der Waals surface area contributed by atoms with Crippen molar-refractivity contribution in [2.24, 2.45) is 0 Å². The van der Waals surface area contributed by atoms with Crippen LogP contribution in [0, 0.1) is 0 Å². The second-order valence-corrected chi connectivity index (χ2v) is 5.14. The molecule has 7 nitrogen and oxygen atoms in total. The van der Waals surface area contributed by atoms with E-state index in [1.807, 2.05) is 0 Å². The summed E-state index contributed by atoms with van der Waals surface area (Å²) in [5, 5.41) is 14.0. The van der Waals surface area contributed by atoms with E-state index in [0.717, 1.165) is 0 Å². The average molecular weight is 342 g/mol. The Morgan fingerprint density at radius 2 is 1.72 bits per heavy atom. The Kier molecular flexibility index (Phi) is 6.11. The first kappa shape index (κ1) is 18.0. The first-order valence-electron chi connectivity index (χ1n) is 7.64. The molecular weight excluding hydrogens is 324 g/mol. The van der Waals surface area contributed by atoms with E-state index < -0.39 is 12.6 Å². The predicted octanol–water partition coefficient (Wildman–Crippen LogP) is 2.75. The molecule has 0 radical (unpaired) electrons. The number of carboxylic acids is 1. The zero-order valence-electron chi connectivity index (χ0n) is 13.6. The van der Waals surface area contributed by atoms with Crippen LogP contribution in [0.3, 0.4) is 0 Å². The average Bonchev–Trinajstić information content (AvgIpc) is 2.60. The van der Waals surface area contributed by atoms with Gasteiger partial charge in [-0.3, -0.25) is 9.59 Å². The van der Waals surface area contributed by atoms with E-state index in [4.69, 9.17) is 9.84 Å². The minimum Gasteiger partial charge on any atom is -0.482 e. The standard InChI is InChI=1S/C18H18N2O5/c1-2-16(21)19-13-8-6-12(7-9-13)18(24)20-14-4-3-5-15(10-14)25-11-17(22)23/h3-10H,2,11H2,1H3,(H,19,21)(H,20,24)(H,22,23). The summed E-state index contributed by atoms with van der Waals surface area (Å²) in [6, 6.07) is 13.0. The molecule has 0 saturated heterocycles. The van der Waals surface area contributed by atoms with Crippen LogP contribution in [0.4, 0.5) is 11.4 Å². The lowest BCUT2D eigenvalue weighted by molar-refractivity contribution is -0.139. The summed E-state index contributed by atoms with van der Waals surface area (Å²) >= 11 is 0. The van der Waals surface area contributed by atoms with Gasteiger partial charge in [-0.2, -0.15) is 0 Å². The van der Waals surface area contributed by atoms with Crippen molar-refractivity contribution < 1.29 is 24.2 Å². The number of nitrogens with one attached hydrogen (secondary N) is 2. The van der Waals surface area contributed by atoms with Gasteiger partial charge in [0.25, 0.3) is 5.91 Å². The fourth-order valence-corrected chi connectivity index (χ4v) is 1.97. The van der Waals surface area contributed by atoms with Crippen molar-refractivity contribution in [3.8, 4) is 5.75 Å². The largest absolute Gasteiger partial charge is 0.482 e. The SMILES string of the molecule is CCC(=O)Nc1ccc(C(=O)Nc2cccc(OCC(=O)O)c2)cc1. The molecule has 2 aromatic rings. The monoisotopic (exact) mass is 342 g/mol. The van der Waals surface area contributed by atoms with Gasteiger partial charge in [-0.1, -0.05) is 13.0 Å². The fraction of sp³-hybridized carbons (Fsp3) is 0.167. The van der Waals surface area contributed by atoms with E-state index >= 15 is 0 Å². The highest BCUT2D eigenvalue weighted by Crippen LogP contribution is 2.18. The number of rotatable bonds is 7. The van der Waals surface area contributed by atoms with E-state index in [2.05, 4.69) is 10.6 Å². The van der Waals surface area contributed by atoms with Gasteiger partial charge in [-0.05, 0) is 36.4 Å². The van der Waals surface area contributed by atoms with Gasteiger partial charge in [-0.25, -0.2) is 4.79 Å². The van der Waals surface area contributed by atoms with Gasteiger partial charge in [0, 0.05) is 29.4 Å². The van der Waals surface area contributed by atoms with Crippen LogP contribution < -0.4 is 15.4 Å². The molecule has 0 saturated carbocycles. The lowest BCUT2D eigenvalue weighted by Gasteiger charge is -2.09. The number of aliphatic carboxylic acids is 1. The summed E-state index contributed by atoms with van der Waals surface area (Å²) in [6.45, 7) is 1.30. The highest BCUT2D eigenvalue weighted by atomic mass is 16.5. The summed E-state index contributed by atoms with van der Waals surface area (Å²) in [7, 11) is 0. The lowest BCUT2D eigenvalue weighted by Crippen LogP contribution is -2.13. The van der Waals surface area contributed by atoms with E-state index in [9.17, 15) is 14.4 Å². The quantitative estimate of drug-likeness (QED) is 0.717. The zero-order chi connectivity index (χ0) is 18.2. The van der Waals surface area contributed by atoms with Gasteiger partial charge in [0.15, 0.2) is 6.61 Å². The molecule has 2 amide bonds. The number of anilines is 2. The van der Waals surface area contributed by atoms with E-state index in [1.54, 1.807) is 49.4 Å². The number of carbonyl (C=O) groups excluding carboxylic acids is 2. The maximum Gasteiger partial charge on any atom is 0.341 e. The second-order valence-electron chi connectivity index (χ2n) is 5.14. The highest BCUT2D eigenvalue weighted by Gasteiger charge is 2.08. The van der Waals surface area contributed by atoms with Gasteiger partial charge in [0.2, 0.25) is 5.91 Å². The maximum atomic E-state index is 12.2. The van der Waals surface area contributed by atoms with Crippen molar-refractivity contribution in [2.75, 3.05) is 17.2 Å². The molecule has 0 spiro atoms. The third-order valence-electron chi connectivity index (χ3n) is 3.21. The van der Waals surface area contributed by atoms with E-state index in [0.29, 0.717) is 29.1 Å². The number of carboxylic acid groups (broad SMARTS) is 1. The number of ether oxygens (including phenoxy) is 1. The van der Waals surface area contributed by atoms with Gasteiger partial charge in [0.1, 0.15) is 5.75 Å². The van der Waals surface area contributed by atoms with Crippen molar-refractivity contribution >= 4 is 29.2 Å². The van der Waals surface area contributed by atoms with Crippen molar-refractivity contribution in [1.29, 1.82) is 0 Å². The molecule has 0 unspecified atom stereocenters. The van der Waals surface area contributed by atoms with Crippen LogP contribution in [-0.4, -0.2) is 29.5 Å². The minimum absolute atomic E-state index is 0.102. The van der Waals surface area contributed by atoms with Gasteiger partial charge >= 0.3 is 5.97 Å². The fourth-order valence-electron chi connectivity index (χ4n) is 1.97. The molecule has 3 N–H and O–H groups in total. The van der Waals surface area contributed by atoms with Crippen molar-refractivity contribution in [1.82, 2.24) is 0 Å². The lowest BCUT2D eigenvalue weighted by atomic mass is 10.2. The molecule has 0 aliphatic carbocycles. The third kappa shape index (κ3) is 5.65. The molecule has 0 aliphatic rings. The minimum atomic E-state index is -1.08. The Morgan fingerprint density at radius 3 is 2.36 bits per heavy atom. The Balaban J connectivity index is 2.00. The van der Waals surface area contributed by atoms with Crippen molar-refractivity contribution in [3.63, 3.8) is 0 Å². The maximum absolute atomic E-state index is 12.2. The van der Waals surface area contributed by atoms with E-state index in [-0.39, 0.29) is 11.8 Å². The van der Waals surface area contributed by atoms with Crippen LogP contribution >= 0.6 is 0 Å². The van der Waals surface area contributed by atoms with E-state index in [1.165, 1.54) is 6.07 Å². The topological polar surface area (TPSA) is 105 Å². The number of amides is 2. The zero-order valence-corrected chi connectivity index (χ0v) is 13.6. The molecule has 130 valence electrons. The second kappa shape index (κ2) is 8.49. The molecule has 0 fully saturated rings. The normalized spacial score (nSPS) is 9.96. The molecule has 25 heavy (non-hydrogen) atoms. The van der Waals surface area contributed by atoms with Gasteiger partial charge in [-0.15, -0.1) is 0 Å². The summed E-state index contributed by atoms with van der Waals surface area (Å²) in [5.41, 5.74) is 1.52. The summed E-state index contributed by atoms with van der Waals surface area (Å²) in [6.07, 6.45) is 0.378. The van der Waals surface area contributed by atoms with Crippen LogP contribution in [0.2, 0.25) is 0 Å². The Labute approximate surface area is 144 Å². The first-order chi connectivity index (χ1) is 12.0. The van der Waals surface area contributed by atoms with Crippen LogP contribution in [0.25, 0.3) is 0 Å². The molecule has 0 aromatic heterocycles. The van der Waals surface area contributed by atoms with Crippen molar-refractivity contribution in [2.45, 2.75) is 13.3 Å². The van der Waals surface area contributed by atoms with Crippen LogP contribution in [0.1, 0.15) is 23.7 Å². The summed E-state index contributed by atoms with van der Waals surface area (Å²) in [4.78, 5) is 34.1. The molecule has 0 atom stereocenters. The van der Waals surface area contributed by atoms with Gasteiger partial charge in [0.05, 0.1) is 0 Å². The van der Waals surface area contributed by atoms with Crippen molar-refractivity contribution in [3.05, 3.63) is 54.1 Å². The molecule has 2 rings (SSSR count). The first-order valence-corrected chi connectivity index (χ1v) is 7.64. The third-order valence-corrected chi connectivity index (χ3v) is 3.21. The summed E-state index contributed by atoms with van der Waals surface area (Å²) < 4.78 is 5.07. The Hall–Kier alpha value is -3.35. The predicted molar refractivity (Wildman–Crippen MR) is 92.9 cm³/mol. The highest BCUT2D eigenvalue weighted by molar-refractivity contribution is 6.04. The molecule has 2 aromatic carbocycles. The molecular formula is C18H18N2O5. The Morgan fingerprint density at radius 1 is 1.00 bits per heavy atom. The molecule has 0 aliphatic heterocycles. The molecule has 0 bridgehead atoms.